The van der Waals surface area contributed by atoms with Crippen LogP contribution in [0.1, 0.15) is 0 Å². The molecule has 0 aromatic rings. The van der Waals surface area contributed by atoms with Gasteiger partial charge >= 0.3 is 0 Å². The zero-order valence-electron chi connectivity index (χ0n) is 73.3. The molecule has 0 aromatic heterocycles. The standard InChI is InChI=1S/B127/c1-65-97(64)113(96(62)63)121(112(94(58)59)95(60)61)125(120(110(90(50)51)91(52)53)111(92(54)55)93(56)57)127(124(118(106(82(34)35)83(36)37)107(84(38)39)85(40)41)119(108(86(42)43)87(44)45)109(88(46)47)89(48)49)126(122(114(98(66(2)3)67(4)5)99(68(6)7)69(8)9)115(100(70(10)11)71(12)13)101(72(14)15)73(16)17)123(116(102(74(18)19)75(20)21)103(76(22)23)77(24)25)117(104(78(26)27)79(28)29)105(80(30)31)81(32)33. The first-order chi connectivity index (χ1) is 57.8. The van der Waals surface area contributed by atoms with Crippen molar-refractivity contribution in [1.29, 1.82) is 0 Å². The highest BCUT2D eigenvalue weighted by atomic mass is 13.5. The third-order valence-electron chi connectivity index (χ3n) is 27.3. The highest BCUT2D eigenvalue weighted by Gasteiger charge is 2.71. The van der Waals surface area contributed by atoms with Gasteiger partial charge in [-0.15, -0.1) is 0 Å². The van der Waals surface area contributed by atoms with Crippen molar-refractivity contribution in [3.05, 3.63) is 0 Å². The lowest BCUT2D eigenvalue weighted by molar-refractivity contribution is 3.11. The molecule has 0 aromatic carbocycles. The van der Waals surface area contributed by atoms with Gasteiger partial charge in [-0.25, -0.2) is 0 Å². The van der Waals surface area contributed by atoms with E-state index in [2.05, 4.69) is 0 Å². The molecule has 0 spiro atoms. The molecular formula is B127. The second kappa shape index (κ2) is 62.5. The zero-order valence-corrected chi connectivity index (χ0v) is 73.3. The third kappa shape index (κ3) is 36.3. The Bertz CT molecular complexity index is 2150. The van der Waals surface area contributed by atoms with Crippen molar-refractivity contribution in [2.45, 2.75) is 0 Å². The van der Waals surface area contributed by atoms with Crippen LogP contribution >= 0.6 is 0 Å². The minimum absolute atomic E-state index is 0.898. The monoisotopic (exact) mass is 1400 g/mol. The van der Waals surface area contributed by atoms with Gasteiger partial charge in [-0.3, -0.25) is 0 Å². The van der Waals surface area contributed by atoms with Crippen molar-refractivity contribution in [2.75, 3.05) is 0 Å². The van der Waals surface area contributed by atoms with E-state index in [1.807, 2.05) is 0 Å². The maximum absolute atomic E-state index is 7.62. The number of rotatable bonds is 62. The molecule has 0 aliphatic heterocycles. The van der Waals surface area contributed by atoms with Gasteiger partial charge in [-0.2, -0.15) is 0 Å². The first-order valence-electron chi connectivity index (χ1n) is 42.0. The summed E-state index contributed by atoms with van der Waals surface area (Å²) in [6, 6.07) is 0. The van der Waals surface area contributed by atoms with E-state index in [-0.39, 0.29) is 0 Å². The second-order valence-electron chi connectivity index (χ2n) is 36.0. The van der Waals surface area contributed by atoms with E-state index in [0.717, 1.165) is 7.06 Å². The predicted octanol–water partition coefficient (Wildman–Crippen LogP) is -48.4. The molecule has 127 heteroatoms. The normalized spacial score (nSPS) is 9.86. The van der Waals surface area contributed by atoms with Crippen molar-refractivity contribution >= 4 is 898 Å². The smallest absolute Gasteiger partial charge is 0 e. The molecular weight excluding hydrogens is 1370 g/mol. The lowest BCUT2D eigenvalue weighted by Gasteiger charge is -2.65. The molecule has 0 unspecified atom stereocenters. The fraction of sp³-hybridized carbons (Fsp3) is 0. The van der Waals surface area contributed by atoms with Crippen LogP contribution in [-0.4, -0.2) is 898 Å². The van der Waals surface area contributed by atoms with E-state index in [1.54, 1.807) is 0 Å². The van der Waals surface area contributed by atoms with Crippen molar-refractivity contribution in [1.82, 2.24) is 0 Å². The average molecular weight is 1370 g/mol. The molecule has 0 N–H and O–H groups in total. The maximum Gasteiger partial charge on any atom is 0 e. The molecule has 129 radical (unpaired) electrons. The SMILES string of the molecule is [B][B]B([B])B(B([B])[B])B(B(B([B])[B])B([B])[B])B(B(B(B([B])[B])B([B])[B])B(B([B])[B])B([B])[B])B(B(B(B(B([B])[B])B([B])[B])B(B([B])[B])B([B])[B])B(B(B([B])[B])B([B])[B])B(B([B])[B])B([B])[B])B(B(B(B(B([B])[B])B([B])[B])B(B([B])[B])B([B])[B])B(B(B([B])[B])B([B])[B])B(B([B])[B])B([B])[B])B(B(B(B([B])[B])B([B])[B])B(B([B])[B])B([B])[B])B(B(B([B])[B])B([B])[B])B(B([B])[B])B([B])[B]. The first-order valence-corrected chi connectivity index (χ1v) is 42.0. The lowest BCUT2D eigenvalue weighted by Crippen LogP contribution is -3.03. The predicted molar refractivity (Wildman–Crippen MR) is 731 cm³/mol. The third-order valence-corrected chi connectivity index (χ3v) is 27.3. The fourth-order valence-electron chi connectivity index (χ4n) is 23.2. The Hall–Kier alpha value is 8.25. The van der Waals surface area contributed by atoms with Crippen LogP contribution in [0.4, 0.5) is 0 Å². The Morgan fingerprint density at radius 3 is 0.165 bits per heavy atom. The zero-order chi connectivity index (χ0) is 101. The molecule has 0 atom stereocenters. The van der Waals surface area contributed by atoms with E-state index in [9.17, 15) is 0 Å². The summed E-state index contributed by atoms with van der Waals surface area (Å²) < 4.78 is 0. The highest BCUT2D eigenvalue weighted by Crippen LogP contribution is 2.33. The van der Waals surface area contributed by atoms with Crippen LogP contribution in [0, 0.1) is 0 Å². The number of hydrogen-bond acceptors (Lipinski definition) is 0. The molecule has 0 amide bonds. The molecule has 0 rings (SSSR count). The van der Waals surface area contributed by atoms with Crippen LogP contribution in [0.25, 0.3) is 0 Å². The van der Waals surface area contributed by atoms with Gasteiger partial charge in [0.1, 0.15) is 0 Å². The topological polar surface area (TPSA) is 0 Å². The quantitative estimate of drug-likeness (QED) is 0.0533. The summed E-state index contributed by atoms with van der Waals surface area (Å²) in [6.07, 6.45) is -135. The Labute approximate surface area is 888 Å². The molecule has 127 heavy (non-hydrogen) atoms. The highest BCUT2D eigenvalue weighted by molar-refractivity contribution is 8.47. The maximum atomic E-state index is 7.62. The van der Waals surface area contributed by atoms with E-state index >= 15 is 0 Å². The molecule has 0 bridgehead atoms. The number of hydrogen-bond donors (Lipinski definition) is 0. The Kier molecular flexibility index (Phi) is 66.6. The van der Waals surface area contributed by atoms with Crippen molar-refractivity contribution in [2.24, 2.45) is 0 Å². The minimum atomic E-state index is -2.78. The van der Waals surface area contributed by atoms with Crippen molar-refractivity contribution in [3.63, 3.8) is 0 Å². The van der Waals surface area contributed by atoms with E-state index in [4.69, 9.17) is 495 Å². The summed E-state index contributed by atoms with van der Waals surface area (Å²) >= 11 is 0. The van der Waals surface area contributed by atoms with Crippen LogP contribution in [0.15, 0.2) is 0 Å². The summed E-state index contributed by atoms with van der Waals surface area (Å²) in [7, 11) is 475. The van der Waals surface area contributed by atoms with Gasteiger partial charge in [0.15, 0.2) is 0 Å². The molecule has 0 aliphatic carbocycles. The van der Waals surface area contributed by atoms with Gasteiger partial charge in [0.2, 0.25) is 0 Å². The van der Waals surface area contributed by atoms with E-state index in [1.165, 1.54) is 0 Å². The first kappa shape index (κ1) is 135. The summed E-state index contributed by atoms with van der Waals surface area (Å²) in [6.45, 7) is 0. The molecule has 0 fully saturated rings. The largest absolute Gasteiger partial charge is 0 e. The molecule has 0 saturated heterocycles. The lowest BCUT2D eigenvalue weighted by atomic mass is 8.16. The summed E-state index contributed by atoms with van der Waals surface area (Å²) in [5, 5.41) is 0. The Morgan fingerprint density at radius 2 is 0.118 bits per heavy atom. The van der Waals surface area contributed by atoms with E-state index < -0.39 is 396 Å². The van der Waals surface area contributed by atoms with Crippen LogP contribution in [0.3, 0.4) is 0 Å². The van der Waals surface area contributed by atoms with E-state index in [0.29, 0.717) is 0 Å². The van der Waals surface area contributed by atoms with Gasteiger partial charge in [0.05, 0.1) is 0 Å². The molecule has 0 heterocycles. The van der Waals surface area contributed by atoms with Gasteiger partial charge < -0.3 is 0 Å². The van der Waals surface area contributed by atoms with Gasteiger partial charge in [0.25, 0.3) is 0 Å². The fourth-order valence-corrected chi connectivity index (χ4v) is 23.2. The molecule has 0 aliphatic rings. The second-order valence-corrected chi connectivity index (χ2v) is 36.0. The van der Waals surface area contributed by atoms with Crippen LogP contribution in [0.5, 0.6) is 0 Å². The molecule has 0 nitrogen and oxygen atoms in total. The van der Waals surface area contributed by atoms with Gasteiger partial charge in [-0.1, -0.05) is 0 Å². The van der Waals surface area contributed by atoms with Crippen LogP contribution in [-0.2, 0) is 0 Å². The van der Waals surface area contributed by atoms with Crippen molar-refractivity contribution in [3.8, 4) is 0 Å². The molecule has 0 saturated carbocycles. The molecule has 381 valence electrons. The Balaban J connectivity index is 17.2. The average Bonchev–Trinajstić information content (AvgIpc) is 0.698. The van der Waals surface area contributed by atoms with Crippen LogP contribution in [0.2, 0.25) is 0 Å². The van der Waals surface area contributed by atoms with Crippen molar-refractivity contribution < 1.29 is 0 Å². The minimum Gasteiger partial charge on any atom is 0 e. The summed E-state index contributed by atoms with van der Waals surface area (Å²) in [5.74, 6) is 0. The summed E-state index contributed by atoms with van der Waals surface area (Å²) in [4.78, 5) is 0. The van der Waals surface area contributed by atoms with Gasteiger partial charge in [-0.05, 0) is 0 Å². The van der Waals surface area contributed by atoms with Gasteiger partial charge in [0, 0.05) is 898 Å². The van der Waals surface area contributed by atoms with Crippen LogP contribution < -0.4 is 0 Å². The summed E-state index contributed by atoms with van der Waals surface area (Å²) in [5.41, 5.74) is 0. The Morgan fingerprint density at radius 1 is 0.0709 bits per heavy atom.